The first-order chi connectivity index (χ1) is 15.0. The molecule has 0 amide bonds. The molecule has 6 heteroatoms. The molecular weight excluding hydrogens is 428 g/mol. The minimum Gasteiger partial charge on any atom is -0.462 e. The fourth-order valence-corrected chi connectivity index (χ4v) is 4.98. The van der Waals surface area contributed by atoms with Crippen LogP contribution >= 0.6 is 11.8 Å². The van der Waals surface area contributed by atoms with Gasteiger partial charge in [0, 0.05) is 16.7 Å². The monoisotopic (exact) mass is 450 g/mol. The Morgan fingerprint density at radius 3 is 2.06 bits per heavy atom. The Hall–Kier alpha value is -3.09. The van der Waals surface area contributed by atoms with Crippen molar-refractivity contribution < 1.29 is 17.9 Å². The Balaban J connectivity index is 1.81. The van der Waals surface area contributed by atoms with Crippen LogP contribution in [-0.2, 0) is 19.4 Å². The summed E-state index contributed by atoms with van der Waals surface area (Å²) in [6.45, 7) is 3.66. The van der Waals surface area contributed by atoms with Gasteiger partial charge in [-0.05, 0) is 41.5 Å². The molecule has 0 atom stereocenters. The molecule has 31 heavy (non-hydrogen) atoms. The van der Waals surface area contributed by atoms with Gasteiger partial charge in [0.05, 0.1) is 9.79 Å². The predicted octanol–water partition coefficient (Wildman–Crippen LogP) is 5.48. The van der Waals surface area contributed by atoms with Gasteiger partial charge in [-0.1, -0.05) is 67.2 Å². The minimum absolute atomic E-state index is 0.251. The molecule has 3 aromatic rings. The molecule has 0 N–H and O–H groups in total. The van der Waals surface area contributed by atoms with Crippen LogP contribution in [0.2, 0.25) is 0 Å². The number of ether oxygens (including phenoxy) is 1. The standard InChI is InChI=1S/C25H22O4S2/c1-2-25(26)29-17-18-30-24(21-9-5-3-6-10-21)19-20-13-15-23(16-14-20)31(27,28)22-11-7-4-8-12-22/h2-16,19H,1,17-18H2. The molecule has 3 rings (SSSR count). The highest BCUT2D eigenvalue weighted by Gasteiger charge is 2.16. The van der Waals surface area contributed by atoms with Gasteiger partial charge in [0.15, 0.2) is 0 Å². The SMILES string of the molecule is C=CC(=O)OCCSC(=Cc1ccc(S(=O)(=O)c2ccccc2)cc1)c1ccccc1. The maximum absolute atomic E-state index is 12.8. The quantitative estimate of drug-likeness (QED) is 0.187. The molecule has 0 unspecified atom stereocenters. The number of rotatable bonds is 9. The van der Waals surface area contributed by atoms with Crippen molar-refractivity contribution in [3.8, 4) is 0 Å². The molecule has 0 aliphatic carbocycles. The van der Waals surface area contributed by atoms with Gasteiger partial charge in [0.25, 0.3) is 0 Å². The highest BCUT2D eigenvalue weighted by atomic mass is 32.2. The largest absolute Gasteiger partial charge is 0.462 e. The number of esters is 1. The van der Waals surface area contributed by atoms with E-state index in [0.717, 1.165) is 22.1 Å². The van der Waals surface area contributed by atoms with Gasteiger partial charge in [-0.15, -0.1) is 11.8 Å². The highest BCUT2D eigenvalue weighted by molar-refractivity contribution is 8.08. The second-order valence-corrected chi connectivity index (χ2v) is 9.57. The number of thioether (sulfide) groups is 1. The summed E-state index contributed by atoms with van der Waals surface area (Å²) in [7, 11) is -3.55. The van der Waals surface area contributed by atoms with Crippen LogP contribution in [0.4, 0.5) is 0 Å². The molecule has 0 aromatic heterocycles. The molecule has 0 aliphatic heterocycles. The Bertz CT molecular complexity index is 1150. The maximum atomic E-state index is 12.8. The van der Waals surface area contributed by atoms with E-state index in [-0.39, 0.29) is 16.4 Å². The topological polar surface area (TPSA) is 60.4 Å². The Labute approximate surface area is 187 Å². The summed E-state index contributed by atoms with van der Waals surface area (Å²) < 4.78 is 30.6. The van der Waals surface area contributed by atoms with E-state index in [4.69, 9.17) is 4.74 Å². The van der Waals surface area contributed by atoms with Gasteiger partial charge in [-0.3, -0.25) is 0 Å². The smallest absolute Gasteiger partial charge is 0.330 e. The van der Waals surface area contributed by atoms with Crippen molar-refractivity contribution in [2.24, 2.45) is 0 Å². The van der Waals surface area contributed by atoms with Crippen molar-refractivity contribution in [3.05, 3.63) is 109 Å². The Morgan fingerprint density at radius 1 is 0.871 bits per heavy atom. The van der Waals surface area contributed by atoms with Crippen molar-refractivity contribution in [3.63, 3.8) is 0 Å². The van der Waals surface area contributed by atoms with Crippen molar-refractivity contribution in [1.29, 1.82) is 0 Å². The van der Waals surface area contributed by atoms with E-state index in [1.54, 1.807) is 66.4 Å². The van der Waals surface area contributed by atoms with Gasteiger partial charge < -0.3 is 4.74 Å². The highest BCUT2D eigenvalue weighted by Crippen LogP contribution is 2.30. The van der Waals surface area contributed by atoms with Crippen molar-refractivity contribution in [2.45, 2.75) is 9.79 Å². The molecule has 0 saturated heterocycles. The summed E-state index contributed by atoms with van der Waals surface area (Å²) in [6, 6.07) is 25.1. The first-order valence-electron chi connectivity index (χ1n) is 9.60. The third-order valence-corrected chi connectivity index (χ3v) is 7.17. The third-order valence-electron chi connectivity index (χ3n) is 4.35. The molecule has 3 aromatic carbocycles. The summed E-state index contributed by atoms with van der Waals surface area (Å²) in [4.78, 5) is 12.7. The molecule has 0 heterocycles. The predicted molar refractivity (Wildman–Crippen MR) is 126 cm³/mol. The first kappa shape index (κ1) is 22.6. The van der Waals surface area contributed by atoms with E-state index in [9.17, 15) is 13.2 Å². The minimum atomic E-state index is -3.55. The van der Waals surface area contributed by atoms with Crippen LogP contribution in [0.1, 0.15) is 11.1 Å². The van der Waals surface area contributed by atoms with Crippen LogP contribution in [0, 0.1) is 0 Å². The zero-order chi connectivity index (χ0) is 22.1. The molecular formula is C25H22O4S2. The molecule has 0 bridgehead atoms. The molecule has 0 fully saturated rings. The molecule has 0 aliphatic rings. The van der Waals surface area contributed by atoms with Crippen LogP contribution in [0.15, 0.2) is 107 Å². The van der Waals surface area contributed by atoms with E-state index in [1.165, 1.54) is 0 Å². The number of benzene rings is 3. The average Bonchev–Trinajstić information content (AvgIpc) is 2.82. The fraction of sp³-hybridized carbons (Fsp3) is 0.0800. The summed E-state index contributed by atoms with van der Waals surface area (Å²) >= 11 is 1.56. The number of carbonyl (C=O) groups excluding carboxylic acids is 1. The van der Waals surface area contributed by atoms with Crippen molar-refractivity contribution >= 4 is 38.5 Å². The van der Waals surface area contributed by atoms with Gasteiger partial charge >= 0.3 is 5.97 Å². The van der Waals surface area contributed by atoms with Crippen molar-refractivity contribution in [2.75, 3.05) is 12.4 Å². The molecule has 0 spiro atoms. The zero-order valence-electron chi connectivity index (χ0n) is 16.8. The summed E-state index contributed by atoms with van der Waals surface area (Å²) in [6.07, 6.45) is 3.14. The summed E-state index contributed by atoms with van der Waals surface area (Å²) in [5.74, 6) is 0.141. The van der Waals surface area contributed by atoms with Crippen LogP contribution in [0.25, 0.3) is 11.0 Å². The fourth-order valence-electron chi connectivity index (χ4n) is 2.79. The zero-order valence-corrected chi connectivity index (χ0v) is 18.4. The second-order valence-electron chi connectivity index (χ2n) is 6.48. The molecule has 0 saturated carbocycles. The number of hydrogen-bond donors (Lipinski definition) is 0. The van der Waals surface area contributed by atoms with Gasteiger partial charge in [-0.2, -0.15) is 0 Å². The summed E-state index contributed by atoms with van der Waals surface area (Å²) in [5, 5.41) is 0. The van der Waals surface area contributed by atoms with Gasteiger partial charge in [-0.25, -0.2) is 13.2 Å². The number of sulfone groups is 1. The van der Waals surface area contributed by atoms with E-state index in [2.05, 4.69) is 6.58 Å². The van der Waals surface area contributed by atoms with Gasteiger partial charge in [0.1, 0.15) is 6.61 Å². The average molecular weight is 451 g/mol. The third kappa shape index (κ3) is 6.20. The summed E-state index contributed by atoms with van der Waals surface area (Å²) in [5.41, 5.74) is 1.91. The van der Waals surface area contributed by atoms with E-state index in [0.29, 0.717) is 5.75 Å². The lowest BCUT2D eigenvalue weighted by Crippen LogP contribution is -2.03. The normalized spacial score (nSPS) is 11.7. The van der Waals surface area contributed by atoms with E-state index in [1.807, 2.05) is 36.4 Å². The Kier molecular flexibility index (Phi) is 7.87. The molecule has 4 nitrogen and oxygen atoms in total. The van der Waals surface area contributed by atoms with Crippen LogP contribution in [0.5, 0.6) is 0 Å². The lowest BCUT2D eigenvalue weighted by Gasteiger charge is -2.09. The molecule has 0 radical (unpaired) electrons. The lowest BCUT2D eigenvalue weighted by molar-refractivity contribution is -0.137. The second kappa shape index (κ2) is 10.8. The van der Waals surface area contributed by atoms with Gasteiger partial charge in [0.2, 0.25) is 9.84 Å². The number of hydrogen-bond acceptors (Lipinski definition) is 5. The molecule has 158 valence electrons. The van der Waals surface area contributed by atoms with Crippen LogP contribution < -0.4 is 0 Å². The van der Waals surface area contributed by atoms with Crippen LogP contribution in [0.3, 0.4) is 0 Å². The first-order valence-corrected chi connectivity index (χ1v) is 12.1. The maximum Gasteiger partial charge on any atom is 0.330 e. The van der Waals surface area contributed by atoms with E-state index < -0.39 is 15.8 Å². The Morgan fingerprint density at radius 2 is 1.45 bits per heavy atom. The number of carbonyl (C=O) groups is 1. The van der Waals surface area contributed by atoms with Crippen molar-refractivity contribution in [1.82, 2.24) is 0 Å². The van der Waals surface area contributed by atoms with Crippen LogP contribution in [-0.4, -0.2) is 26.7 Å². The van der Waals surface area contributed by atoms with E-state index >= 15 is 0 Å². The lowest BCUT2D eigenvalue weighted by atomic mass is 10.1.